The van der Waals surface area contributed by atoms with Gasteiger partial charge in [0.15, 0.2) is 0 Å². The van der Waals surface area contributed by atoms with E-state index in [-0.39, 0.29) is 5.54 Å². The summed E-state index contributed by atoms with van der Waals surface area (Å²) >= 11 is 3.71. The molecule has 1 aliphatic heterocycles. The highest BCUT2D eigenvalue weighted by Gasteiger charge is 2.29. The largest absolute Gasteiger partial charge is 0.309 e. The summed E-state index contributed by atoms with van der Waals surface area (Å²) in [7, 11) is 2.04. The van der Waals surface area contributed by atoms with E-state index in [4.69, 9.17) is 0 Å². The zero-order chi connectivity index (χ0) is 14.0. The summed E-state index contributed by atoms with van der Waals surface area (Å²) in [5, 5.41) is 8.21. The minimum Gasteiger partial charge on any atom is -0.309 e. The van der Waals surface area contributed by atoms with Gasteiger partial charge in [0.2, 0.25) is 0 Å². The van der Waals surface area contributed by atoms with Crippen LogP contribution in [0, 0.1) is 0 Å². The van der Waals surface area contributed by atoms with Crippen molar-refractivity contribution in [2.45, 2.75) is 45.7 Å². The van der Waals surface area contributed by atoms with Crippen LogP contribution in [0.5, 0.6) is 0 Å². The maximum atomic E-state index is 4.58. The van der Waals surface area contributed by atoms with Crippen LogP contribution in [0.25, 0.3) is 0 Å². The molecule has 0 amide bonds. The van der Waals surface area contributed by atoms with Crippen molar-refractivity contribution in [3.05, 3.63) is 15.9 Å². The Kier molecular flexibility index (Phi) is 4.69. The number of aromatic nitrogens is 2. The van der Waals surface area contributed by atoms with Crippen molar-refractivity contribution in [2.24, 2.45) is 7.05 Å². The van der Waals surface area contributed by atoms with Crippen LogP contribution in [0.1, 0.15) is 38.6 Å². The lowest BCUT2D eigenvalue weighted by Crippen LogP contribution is -2.58. The standard InChI is InChI=1S/C14H25BrN4/c1-5-11-13(15)12(18(4)17-11)9-19-8-7-16-14(3,6-2)10-19/h16H,5-10H2,1-4H3. The quantitative estimate of drug-likeness (QED) is 0.920. The van der Waals surface area contributed by atoms with Crippen molar-refractivity contribution in [1.82, 2.24) is 20.0 Å². The highest BCUT2D eigenvalue weighted by atomic mass is 79.9. The number of nitrogens with zero attached hydrogens (tertiary/aromatic N) is 3. The van der Waals surface area contributed by atoms with Crippen molar-refractivity contribution < 1.29 is 0 Å². The molecule has 1 atom stereocenters. The Morgan fingerprint density at radius 1 is 1.42 bits per heavy atom. The molecule has 0 radical (unpaired) electrons. The fraction of sp³-hybridized carbons (Fsp3) is 0.786. The summed E-state index contributed by atoms with van der Waals surface area (Å²) < 4.78 is 3.21. The summed E-state index contributed by atoms with van der Waals surface area (Å²) in [6.45, 7) is 11.0. The first-order chi connectivity index (χ1) is 8.99. The number of hydrogen-bond donors (Lipinski definition) is 1. The first kappa shape index (κ1) is 15.0. The Labute approximate surface area is 124 Å². The van der Waals surface area contributed by atoms with Gasteiger partial charge in [-0.05, 0) is 35.7 Å². The van der Waals surface area contributed by atoms with E-state index in [1.165, 1.54) is 10.2 Å². The Bertz CT molecular complexity index is 443. The third kappa shape index (κ3) is 3.20. The van der Waals surface area contributed by atoms with Gasteiger partial charge < -0.3 is 5.32 Å². The monoisotopic (exact) mass is 328 g/mol. The normalized spacial score (nSPS) is 24.9. The van der Waals surface area contributed by atoms with E-state index in [0.717, 1.165) is 44.7 Å². The lowest BCUT2D eigenvalue weighted by molar-refractivity contribution is 0.131. The summed E-state index contributed by atoms with van der Waals surface area (Å²) in [6, 6.07) is 0. The molecule has 19 heavy (non-hydrogen) atoms. The Morgan fingerprint density at radius 3 is 2.74 bits per heavy atom. The van der Waals surface area contributed by atoms with Gasteiger partial charge >= 0.3 is 0 Å². The lowest BCUT2D eigenvalue weighted by atomic mass is 9.96. The maximum Gasteiger partial charge on any atom is 0.0767 e. The zero-order valence-corrected chi connectivity index (χ0v) is 14.0. The first-order valence-electron chi connectivity index (χ1n) is 7.16. The molecule has 0 saturated carbocycles. The fourth-order valence-corrected chi connectivity index (χ4v) is 3.46. The van der Waals surface area contributed by atoms with E-state index in [0.29, 0.717) is 0 Å². The summed E-state index contributed by atoms with van der Waals surface area (Å²) in [5.74, 6) is 0. The molecular formula is C14H25BrN4. The topological polar surface area (TPSA) is 33.1 Å². The van der Waals surface area contributed by atoms with Crippen molar-refractivity contribution in [3.8, 4) is 0 Å². The van der Waals surface area contributed by atoms with Crippen molar-refractivity contribution >= 4 is 15.9 Å². The van der Waals surface area contributed by atoms with Crippen molar-refractivity contribution in [3.63, 3.8) is 0 Å². The molecule has 2 rings (SSSR count). The van der Waals surface area contributed by atoms with Crippen LogP contribution in [-0.2, 0) is 20.0 Å². The molecule has 1 aromatic heterocycles. The average molecular weight is 329 g/mol. The Morgan fingerprint density at radius 2 is 2.16 bits per heavy atom. The van der Waals surface area contributed by atoms with Gasteiger partial charge in [-0.25, -0.2) is 0 Å². The molecule has 4 nitrogen and oxygen atoms in total. The smallest absolute Gasteiger partial charge is 0.0767 e. The van der Waals surface area contributed by atoms with Gasteiger partial charge in [-0.2, -0.15) is 5.10 Å². The van der Waals surface area contributed by atoms with Crippen LogP contribution < -0.4 is 5.32 Å². The van der Waals surface area contributed by atoms with E-state index in [1.807, 2.05) is 11.7 Å². The van der Waals surface area contributed by atoms with Crippen LogP contribution in [0.3, 0.4) is 0 Å². The second-order valence-electron chi connectivity index (χ2n) is 5.74. The van der Waals surface area contributed by atoms with Crippen LogP contribution in [-0.4, -0.2) is 39.9 Å². The zero-order valence-electron chi connectivity index (χ0n) is 12.5. The molecule has 1 saturated heterocycles. The van der Waals surface area contributed by atoms with E-state index >= 15 is 0 Å². The third-order valence-electron chi connectivity index (χ3n) is 4.21. The van der Waals surface area contributed by atoms with Crippen LogP contribution in [0.4, 0.5) is 0 Å². The molecule has 0 aromatic carbocycles. The van der Waals surface area contributed by atoms with E-state index in [1.54, 1.807) is 0 Å². The number of aryl methyl sites for hydroxylation is 2. The summed E-state index contributed by atoms with van der Waals surface area (Å²) in [4.78, 5) is 2.53. The second kappa shape index (κ2) is 5.94. The minimum absolute atomic E-state index is 0.247. The lowest BCUT2D eigenvalue weighted by Gasteiger charge is -2.41. The maximum absolute atomic E-state index is 4.58. The molecular weight excluding hydrogens is 304 g/mol. The first-order valence-corrected chi connectivity index (χ1v) is 7.96. The molecule has 1 N–H and O–H groups in total. The van der Waals surface area contributed by atoms with Crippen molar-refractivity contribution in [1.29, 1.82) is 0 Å². The number of hydrogen-bond acceptors (Lipinski definition) is 3. The van der Waals surface area contributed by atoms with Gasteiger partial charge in [0.05, 0.1) is 15.9 Å². The van der Waals surface area contributed by atoms with Gasteiger partial charge in [-0.15, -0.1) is 0 Å². The van der Waals surface area contributed by atoms with E-state index in [9.17, 15) is 0 Å². The van der Waals surface area contributed by atoms with Gasteiger partial charge in [0.1, 0.15) is 0 Å². The molecule has 0 aliphatic carbocycles. The molecule has 0 bridgehead atoms. The molecule has 0 spiro atoms. The van der Waals surface area contributed by atoms with Gasteiger partial charge in [-0.1, -0.05) is 13.8 Å². The predicted molar refractivity (Wildman–Crippen MR) is 82.3 cm³/mol. The third-order valence-corrected chi connectivity index (χ3v) is 5.12. The number of rotatable bonds is 4. The highest BCUT2D eigenvalue weighted by molar-refractivity contribution is 9.10. The van der Waals surface area contributed by atoms with E-state index < -0.39 is 0 Å². The molecule has 2 heterocycles. The predicted octanol–water partition coefficient (Wildman–Crippen LogP) is 2.32. The Hall–Kier alpha value is -0.390. The molecule has 1 unspecified atom stereocenters. The van der Waals surface area contributed by atoms with Crippen molar-refractivity contribution in [2.75, 3.05) is 19.6 Å². The van der Waals surface area contributed by atoms with Gasteiger partial charge in [-0.3, -0.25) is 9.58 Å². The van der Waals surface area contributed by atoms with Crippen LogP contribution in [0.2, 0.25) is 0 Å². The molecule has 1 aromatic rings. The van der Waals surface area contributed by atoms with Crippen LogP contribution >= 0.6 is 15.9 Å². The summed E-state index contributed by atoms with van der Waals surface area (Å²) in [6.07, 6.45) is 2.14. The summed E-state index contributed by atoms with van der Waals surface area (Å²) in [5.41, 5.74) is 2.69. The molecule has 108 valence electrons. The minimum atomic E-state index is 0.247. The second-order valence-corrected chi connectivity index (χ2v) is 6.53. The van der Waals surface area contributed by atoms with Gasteiger partial charge in [0.25, 0.3) is 0 Å². The molecule has 1 aliphatic rings. The van der Waals surface area contributed by atoms with Gasteiger partial charge in [0, 0.05) is 38.8 Å². The van der Waals surface area contributed by atoms with Crippen LogP contribution in [0.15, 0.2) is 4.47 Å². The van der Waals surface area contributed by atoms with E-state index in [2.05, 4.69) is 52.0 Å². The molecule has 5 heteroatoms. The Balaban J connectivity index is 2.11. The fourth-order valence-electron chi connectivity index (χ4n) is 2.72. The number of nitrogens with one attached hydrogen (secondary N) is 1. The SMILES string of the molecule is CCc1nn(C)c(CN2CCNC(C)(CC)C2)c1Br. The highest BCUT2D eigenvalue weighted by Crippen LogP contribution is 2.24. The molecule has 1 fully saturated rings. The number of piperazine rings is 1. The number of halogens is 1. The average Bonchev–Trinajstić information content (AvgIpc) is 2.66.